The van der Waals surface area contributed by atoms with Gasteiger partial charge in [-0.1, -0.05) is 24.3 Å². The predicted molar refractivity (Wildman–Crippen MR) is 113 cm³/mol. The van der Waals surface area contributed by atoms with Gasteiger partial charge in [0.1, 0.15) is 12.6 Å². The van der Waals surface area contributed by atoms with Crippen LogP contribution in [0.5, 0.6) is 0 Å². The van der Waals surface area contributed by atoms with Crippen molar-refractivity contribution in [3.05, 3.63) is 66.9 Å². The van der Waals surface area contributed by atoms with Gasteiger partial charge in [-0.2, -0.15) is 5.10 Å². The third-order valence-electron chi connectivity index (χ3n) is 5.55. The first-order valence-electron chi connectivity index (χ1n) is 9.90. The number of aryl methyl sites for hydroxylation is 1. The second-order valence-electron chi connectivity index (χ2n) is 7.50. The summed E-state index contributed by atoms with van der Waals surface area (Å²) >= 11 is 0. The highest BCUT2D eigenvalue weighted by Crippen LogP contribution is 2.29. The molecule has 5 rings (SSSR count). The largest absolute Gasteiger partial charge is 0.338 e. The zero-order chi connectivity index (χ0) is 20.7. The third-order valence-corrected chi connectivity index (χ3v) is 5.55. The van der Waals surface area contributed by atoms with E-state index in [1.165, 1.54) is 0 Å². The number of fused-ring (bicyclic) bond motifs is 1. The number of pyridine rings is 2. The SMILES string of the molecule is CO[n+]1cc(-c2ccc(-c3cnn(C)c3)cc2)c2cc(C(=O)N3CCC3)cnc2c1. The van der Waals surface area contributed by atoms with Crippen LogP contribution in [0.2, 0.25) is 0 Å². The van der Waals surface area contributed by atoms with Crippen LogP contribution in [0.25, 0.3) is 33.2 Å². The Morgan fingerprint density at radius 1 is 1.07 bits per heavy atom. The van der Waals surface area contributed by atoms with E-state index in [2.05, 4.69) is 34.3 Å². The molecule has 0 N–H and O–H groups in total. The molecule has 1 amide bonds. The Hall–Kier alpha value is -3.74. The van der Waals surface area contributed by atoms with E-state index < -0.39 is 0 Å². The molecule has 0 radical (unpaired) electrons. The minimum atomic E-state index is 0.0389. The number of likely N-dealkylation sites (tertiary alicyclic amines) is 1. The van der Waals surface area contributed by atoms with Crippen molar-refractivity contribution in [3.8, 4) is 22.3 Å². The van der Waals surface area contributed by atoms with Crippen LogP contribution >= 0.6 is 0 Å². The van der Waals surface area contributed by atoms with Crippen molar-refractivity contribution in [1.82, 2.24) is 19.7 Å². The summed E-state index contributed by atoms with van der Waals surface area (Å²) in [5.41, 5.74) is 5.53. The molecule has 1 aromatic carbocycles. The summed E-state index contributed by atoms with van der Waals surface area (Å²) in [5.74, 6) is 0.0389. The fourth-order valence-electron chi connectivity index (χ4n) is 3.72. The smallest absolute Gasteiger partial charge is 0.255 e. The average Bonchev–Trinajstić information content (AvgIpc) is 3.17. The molecule has 1 fully saturated rings. The van der Waals surface area contributed by atoms with Crippen LogP contribution in [-0.2, 0) is 7.05 Å². The first-order valence-corrected chi connectivity index (χ1v) is 9.90. The highest BCUT2D eigenvalue weighted by Gasteiger charge is 2.23. The quantitative estimate of drug-likeness (QED) is 0.494. The van der Waals surface area contributed by atoms with E-state index in [4.69, 9.17) is 4.84 Å². The van der Waals surface area contributed by atoms with Crippen molar-refractivity contribution in [2.24, 2.45) is 7.05 Å². The number of benzene rings is 1. The van der Waals surface area contributed by atoms with Crippen molar-refractivity contribution < 1.29 is 14.4 Å². The molecule has 30 heavy (non-hydrogen) atoms. The number of carbonyl (C=O) groups is 1. The van der Waals surface area contributed by atoms with Crippen molar-refractivity contribution >= 4 is 16.8 Å². The maximum atomic E-state index is 12.7. The molecule has 0 unspecified atom stereocenters. The van der Waals surface area contributed by atoms with Crippen molar-refractivity contribution in [1.29, 1.82) is 0 Å². The first kappa shape index (κ1) is 18.3. The second-order valence-corrected chi connectivity index (χ2v) is 7.50. The Morgan fingerprint density at radius 2 is 1.83 bits per heavy atom. The number of rotatable bonds is 4. The minimum Gasteiger partial charge on any atom is -0.338 e. The summed E-state index contributed by atoms with van der Waals surface area (Å²) in [6, 6.07) is 10.2. The topological polar surface area (TPSA) is 64.1 Å². The van der Waals surface area contributed by atoms with E-state index in [1.807, 2.05) is 42.8 Å². The molecule has 7 nitrogen and oxygen atoms in total. The molecule has 0 spiro atoms. The fourth-order valence-corrected chi connectivity index (χ4v) is 3.72. The lowest BCUT2D eigenvalue weighted by atomic mass is 9.99. The highest BCUT2D eigenvalue weighted by molar-refractivity contribution is 6.01. The Morgan fingerprint density at radius 3 is 2.47 bits per heavy atom. The van der Waals surface area contributed by atoms with Gasteiger partial charge < -0.3 is 4.90 Å². The lowest BCUT2D eigenvalue weighted by Crippen LogP contribution is -2.42. The van der Waals surface area contributed by atoms with Gasteiger partial charge in [0.2, 0.25) is 12.4 Å². The molecule has 0 saturated carbocycles. The fraction of sp³-hybridized carbons (Fsp3) is 0.217. The molecule has 4 heterocycles. The monoisotopic (exact) mass is 400 g/mol. The molecule has 0 aliphatic carbocycles. The molecule has 0 atom stereocenters. The van der Waals surface area contributed by atoms with Crippen LogP contribution < -0.4 is 9.57 Å². The number of nitrogens with zero attached hydrogens (tertiary/aromatic N) is 5. The minimum absolute atomic E-state index is 0.0389. The van der Waals surface area contributed by atoms with Crippen LogP contribution in [0.1, 0.15) is 16.8 Å². The number of hydrogen-bond donors (Lipinski definition) is 0. The van der Waals surface area contributed by atoms with Crippen LogP contribution in [-0.4, -0.2) is 45.8 Å². The normalized spacial score (nSPS) is 13.3. The molecule has 4 aromatic rings. The maximum Gasteiger partial charge on any atom is 0.255 e. The van der Waals surface area contributed by atoms with Gasteiger partial charge in [-0.05, 0) is 23.6 Å². The van der Waals surface area contributed by atoms with Gasteiger partial charge in [-0.3, -0.25) is 14.3 Å². The summed E-state index contributed by atoms with van der Waals surface area (Å²) in [5, 5.41) is 5.16. The number of aromatic nitrogens is 4. The van der Waals surface area contributed by atoms with Crippen LogP contribution in [0, 0.1) is 0 Å². The summed E-state index contributed by atoms with van der Waals surface area (Å²) in [6.07, 6.45) is 10.3. The zero-order valence-corrected chi connectivity index (χ0v) is 16.9. The number of carbonyl (C=O) groups excluding carboxylic acids is 1. The molecule has 7 heteroatoms. The summed E-state index contributed by atoms with van der Waals surface area (Å²) in [4.78, 5) is 24.5. The van der Waals surface area contributed by atoms with E-state index in [-0.39, 0.29) is 5.91 Å². The van der Waals surface area contributed by atoms with E-state index >= 15 is 0 Å². The average molecular weight is 400 g/mol. The first-order chi connectivity index (χ1) is 14.6. The van der Waals surface area contributed by atoms with Gasteiger partial charge in [0.25, 0.3) is 5.91 Å². The zero-order valence-electron chi connectivity index (χ0n) is 16.9. The molecule has 3 aromatic heterocycles. The number of hydrogen-bond acceptors (Lipinski definition) is 4. The summed E-state index contributed by atoms with van der Waals surface area (Å²) in [7, 11) is 3.52. The Balaban J connectivity index is 1.60. The molecule has 150 valence electrons. The van der Waals surface area contributed by atoms with Crippen LogP contribution in [0.3, 0.4) is 0 Å². The molecule has 1 aliphatic rings. The van der Waals surface area contributed by atoms with E-state index in [0.717, 1.165) is 52.7 Å². The van der Waals surface area contributed by atoms with Gasteiger partial charge in [-0.15, -0.1) is 0 Å². The van der Waals surface area contributed by atoms with Crippen LogP contribution in [0.15, 0.2) is 61.3 Å². The van der Waals surface area contributed by atoms with Gasteiger partial charge >= 0.3 is 0 Å². The molecule has 0 bridgehead atoms. The standard InChI is InChI=1S/C23H22N5O2/c1-26-13-19(12-25-26)16-4-6-17(7-5-16)21-14-28(30-2)15-22-20(21)10-18(11-24-22)23(29)27-8-3-9-27/h4-7,10-15H,3,8-9H2,1-2H3/q+1. The maximum absolute atomic E-state index is 12.7. The molecule has 1 saturated heterocycles. The van der Waals surface area contributed by atoms with Crippen molar-refractivity contribution in [2.75, 3.05) is 20.2 Å². The summed E-state index contributed by atoms with van der Waals surface area (Å²) in [6.45, 7) is 1.63. The van der Waals surface area contributed by atoms with E-state index in [9.17, 15) is 4.79 Å². The van der Waals surface area contributed by atoms with Crippen molar-refractivity contribution in [2.45, 2.75) is 6.42 Å². The van der Waals surface area contributed by atoms with Gasteiger partial charge in [0, 0.05) is 48.2 Å². The molecular weight excluding hydrogens is 378 g/mol. The second kappa shape index (κ2) is 7.26. The van der Waals surface area contributed by atoms with Gasteiger partial charge in [0.15, 0.2) is 0 Å². The lowest BCUT2D eigenvalue weighted by molar-refractivity contribution is -0.884. The Labute approximate surface area is 174 Å². The molecule has 1 aliphatic heterocycles. The van der Waals surface area contributed by atoms with Gasteiger partial charge in [-0.25, -0.2) is 4.98 Å². The lowest BCUT2D eigenvalue weighted by Gasteiger charge is -2.30. The number of amides is 1. The third kappa shape index (κ3) is 3.18. The summed E-state index contributed by atoms with van der Waals surface area (Å²) < 4.78 is 3.43. The van der Waals surface area contributed by atoms with Gasteiger partial charge in [0.05, 0.1) is 17.3 Å². The highest BCUT2D eigenvalue weighted by atomic mass is 16.6. The Kier molecular flexibility index (Phi) is 4.43. The predicted octanol–water partition coefficient (Wildman–Crippen LogP) is 2.49. The van der Waals surface area contributed by atoms with E-state index in [0.29, 0.717) is 5.56 Å². The molecular formula is C23H22N5O2+. The van der Waals surface area contributed by atoms with Crippen molar-refractivity contribution in [3.63, 3.8) is 0 Å². The Bertz CT molecular complexity index is 1240. The van der Waals surface area contributed by atoms with E-state index in [1.54, 1.807) is 22.7 Å². The van der Waals surface area contributed by atoms with Crippen LogP contribution in [0.4, 0.5) is 0 Å².